The molecule has 6 heteroatoms. The lowest BCUT2D eigenvalue weighted by molar-refractivity contribution is 0.576. The predicted octanol–water partition coefficient (Wildman–Crippen LogP) is -1.72. The second kappa shape index (κ2) is 2.36. The summed E-state index contributed by atoms with van der Waals surface area (Å²) >= 11 is 0. The molecule has 0 saturated heterocycles. The van der Waals surface area contributed by atoms with E-state index >= 15 is 0 Å². The first-order valence-corrected chi connectivity index (χ1v) is 2.58. The molecule has 0 aliphatic carbocycles. The van der Waals surface area contributed by atoms with E-state index in [4.69, 9.17) is 17.3 Å². The van der Waals surface area contributed by atoms with E-state index in [0.29, 0.717) is 5.70 Å². The molecule has 0 radical (unpaired) electrons. The molecule has 6 nitrogen and oxygen atoms in total. The van der Waals surface area contributed by atoms with Gasteiger partial charge in [0.1, 0.15) is 12.0 Å². The van der Waals surface area contributed by atoms with Crippen LogP contribution in [0, 0.1) is 0 Å². The Morgan fingerprint density at radius 1 is 1.60 bits per heavy atom. The Kier molecular flexibility index (Phi) is 1.55. The Hall–Kier alpha value is -1.56. The van der Waals surface area contributed by atoms with Gasteiger partial charge in [0.25, 0.3) is 0 Å². The van der Waals surface area contributed by atoms with E-state index in [1.807, 2.05) is 0 Å². The summed E-state index contributed by atoms with van der Waals surface area (Å²) in [6.45, 7) is 0. The van der Waals surface area contributed by atoms with Gasteiger partial charge in [0.05, 0.1) is 0 Å². The maximum absolute atomic E-state index is 5.35. The van der Waals surface area contributed by atoms with Crippen LogP contribution in [0.25, 0.3) is 0 Å². The summed E-state index contributed by atoms with van der Waals surface area (Å²) in [5.41, 5.74) is 11.0. The average Bonchev–Trinajstić information content (AvgIpc) is 1.88. The van der Waals surface area contributed by atoms with E-state index in [9.17, 15) is 0 Å². The molecule has 0 amide bonds. The highest BCUT2D eigenvalue weighted by molar-refractivity contribution is 5.99. The van der Waals surface area contributed by atoms with Gasteiger partial charge in [0, 0.05) is 6.20 Å². The van der Waals surface area contributed by atoms with Crippen molar-refractivity contribution in [3.8, 4) is 0 Å². The molecule has 1 heterocycles. The smallest absolute Gasteiger partial charge is 0.173 e. The zero-order valence-corrected chi connectivity index (χ0v) is 5.23. The van der Waals surface area contributed by atoms with E-state index in [-0.39, 0.29) is 5.84 Å². The molecule has 0 aromatic heterocycles. The third kappa shape index (κ3) is 0.914. The third-order valence-electron chi connectivity index (χ3n) is 1.04. The Balaban J connectivity index is 2.93. The van der Waals surface area contributed by atoms with Crippen LogP contribution in [0.3, 0.4) is 0 Å². The molecular formula is C4H8N6. The van der Waals surface area contributed by atoms with E-state index < -0.39 is 0 Å². The number of hydrogen-bond acceptors (Lipinski definition) is 6. The normalized spacial score (nSPS) is 21.5. The van der Waals surface area contributed by atoms with Crippen LogP contribution in [-0.4, -0.2) is 17.2 Å². The molecular weight excluding hydrogens is 132 g/mol. The van der Waals surface area contributed by atoms with Crippen LogP contribution in [-0.2, 0) is 0 Å². The molecule has 0 aromatic carbocycles. The second-order valence-electron chi connectivity index (χ2n) is 1.68. The highest BCUT2D eigenvalue weighted by atomic mass is 15.5. The maximum Gasteiger partial charge on any atom is 0.173 e. The first-order valence-electron chi connectivity index (χ1n) is 2.58. The van der Waals surface area contributed by atoms with Gasteiger partial charge in [0.15, 0.2) is 5.84 Å². The van der Waals surface area contributed by atoms with Crippen molar-refractivity contribution in [2.75, 3.05) is 0 Å². The Morgan fingerprint density at radius 3 is 2.70 bits per heavy atom. The van der Waals surface area contributed by atoms with Crippen molar-refractivity contribution in [1.29, 1.82) is 0 Å². The summed E-state index contributed by atoms with van der Waals surface area (Å²) in [4.78, 5) is 0. The molecule has 0 bridgehead atoms. The third-order valence-corrected chi connectivity index (χ3v) is 1.04. The minimum Gasteiger partial charge on any atom is -0.403 e. The Bertz CT molecular complexity index is 214. The fourth-order valence-corrected chi connectivity index (χ4v) is 0.561. The minimum atomic E-state index is 0.215. The van der Waals surface area contributed by atoms with Crippen LogP contribution in [0.15, 0.2) is 22.1 Å². The van der Waals surface area contributed by atoms with Gasteiger partial charge in [-0.05, 0) is 0 Å². The van der Waals surface area contributed by atoms with Crippen molar-refractivity contribution >= 4 is 12.2 Å². The quantitative estimate of drug-likeness (QED) is 0.348. The molecule has 0 aromatic rings. The molecule has 54 valence electrons. The molecule has 0 spiro atoms. The summed E-state index contributed by atoms with van der Waals surface area (Å²) in [6, 6.07) is 0. The van der Waals surface area contributed by atoms with Gasteiger partial charge >= 0.3 is 0 Å². The second-order valence-corrected chi connectivity index (χ2v) is 1.68. The van der Waals surface area contributed by atoms with Gasteiger partial charge < -0.3 is 11.5 Å². The van der Waals surface area contributed by atoms with Gasteiger partial charge in [-0.1, -0.05) is 0 Å². The van der Waals surface area contributed by atoms with Crippen LogP contribution >= 0.6 is 0 Å². The lowest BCUT2D eigenvalue weighted by Crippen LogP contribution is -2.38. The van der Waals surface area contributed by atoms with Crippen molar-refractivity contribution in [1.82, 2.24) is 5.01 Å². The monoisotopic (exact) mass is 140 g/mol. The van der Waals surface area contributed by atoms with Gasteiger partial charge in [-0.2, -0.15) is 0 Å². The van der Waals surface area contributed by atoms with Crippen LogP contribution in [0.2, 0.25) is 0 Å². The van der Waals surface area contributed by atoms with Crippen LogP contribution in [0.5, 0.6) is 0 Å². The first-order chi connectivity index (χ1) is 4.75. The fraction of sp³-hybridized carbons (Fsp3) is 0. The van der Waals surface area contributed by atoms with Crippen molar-refractivity contribution in [2.45, 2.75) is 0 Å². The zero-order chi connectivity index (χ0) is 7.56. The number of amidine groups is 1. The van der Waals surface area contributed by atoms with Crippen LogP contribution < -0.4 is 17.3 Å². The minimum absolute atomic E-state index is 0.215. The summed E-state index contributed by atoms with van der Waals surface area (Å²) in [6.07, 6.45) is 2.58. The number of nitrogens with zero attached hydrogens (tertiary/aromatic N) is 3. The van der Waals surface area contributed by atoms with Crippen molar-refractivity contribution in [2.24, 2.45) is 27.5 Å². The first kappa shape index (κ1) is 6.56. The van der Waals surface area contributed by atoms with Crippen molar-refractivity contribution < 1.29 is 0 Å². The topological polar surface area (TPSA) is 106 Å². The molecule has 1 aliphatic rings. The van der Waals surface area contributed by atoms with E-state index in [1.54, 1.807) is 0 Å². The molecule has 0 atom stereocenters. The van der Waals surface area contributed by atoms with Crippen molar-refractivity contribution in [3.05, 3.63) is 11.9 Å². The molecule has 10 heavy (non-hydrogen) atoms. The van der Waals surface area contributed by atoms with Crippen LogP contribution in [0.4, 0.5) is 0 Å². The highest BCUT2D eigenvalue weighted by Gasteiger charge is 2.10. The van der Waals surface area contributed by atoms with Gasteiger partial charge in [0.2, 0.25) is 0 Å². The summed E-state index contributed by atoms with van der Waals surface area (Å²) in [5.74, 6) is 5.57. The van der Waals surface area contributed by atoms with E-state index in [1.165, 1.54) is 17.5 Å². The number of hydrogen-bond donors (Lipinski definition) is 3. The number of hydrazine groups is 1. The van der Waals surface area contributed by atoms with E-state index in [0.717, 1.165) is 0 Å². The van der Waals surface area contributed by atoms with Gasteiger partial charge in [-0.3, -0.25) is 5.01 Å². The van der Waals surface area contributed by atoms with Crippen molar-refractivity contribution in [3.63, 3.8) is 0 Å². The zero-order valence-electron chi connectivity index (χ0n) is 5.23. The summed E-state index contributed by atoms with van der Waals surface area (Å²) < 4.78 is 0. The molecule has 1 rings (SSSR count). The van der Waals surface area contributed by atoms with E-state index in [2.05, 4.69) is 10.2 Å². The standard InChI is InChI=1S/C4H8N6/c5-1-3-4(6)9-8-2-10(3)7/h1-2H,5,7H2,(H2,6,9)/b3-1-. The molecule has 0 fully saturated rings. The molecule has 1 aliphatic heterocycles. The summed E-state index contributed by atoms with van der Waals surface area (Å²) in [5, 5.41) is 8.20. The number of nitrogens with two attached hydrogens (primary N) is 3. The number of rotatable bonds is 0. The molecule has 0 saturated carbocycles. The van der Waals surface area contributed by atoms with Gasteiger partial charge in [-0.15, -0.1) is 10.2 Å². The predicted molar refractivity (Wildman–Crippen MR) is 38.4 cm³/mol. The Labute approximate surface area is 57.6 Å². The Morgan fingerprint density at radius 2 is 2.30 bits per heavy atom. The maximum atomic E-state index is 5.35. The molecule has 6 N–H and O–H groups in total. The summed E-state index contributed by atoms with van der Waals surface area (Å²) in [7, 11) is 0. The largest absolute Gasteiger partial charge is 0.403 e. The lowest BCUT2D eigenvalue weighted by atomic mass is 10.4. The van der Waals surface area contributed by atoms with Crippen LogP contribution in [0.1, 0.15) is 0 Å². The van der Waals surface area contributed by atoms with Gasteiger partial charge in [-0.25, -0.2) is 5.84 Å². The molecule has 0 unspecified atom stereocenters. The average molecular weight is 140 g/mol. The fourth-order valence-electron chi connectivity index (χ4n) is 0.561. The SMILES string of the molecule is N/C=C1/C(N)=NN=CN1N. The lowest BCUT2D eigenvalue weighted by Gasteiger charge is -2.16. The highest BCUT2D eigenvalue weighted by Crippen LogP contribution is 1.99.